The number of nitrogens with one attached hydrogen (secondary N) is 1. The van der Waals surface area contributed by atoms with E-state index in [-0.39, 0.29) is 5.91 Å². The Kier molecular flexibility index (Phi) is 6.75. The van der Waals surface area contributed by atoms with E-state index < -0.39 is 0 Å². The van der Waals surface area contributed by atoms with Crippen molar-refractivity contribution in [2.24, 2.45) is 0 Å². The van der Waals surface area contributed by atoms with Gasteiger partial charge in [0.25, 0.3) is 5.91 Å². The molecule has 0 saturated heterocycles. The molecule has 0 fully saturated rings. The third-order valence-electron chi connectivity index (χ3n) is 4.45. The highest BCUT2D eigenvalue weighted by molar-refractivity contribution is 9.10. The van der Waals surface area contributed by atoms with E-state index in [4.69, 9.17) is 16.3 Å². The minimum atomic E-state index is -0.118. The first-order valence-corrected chi connectivity index (χ1v) is 10.1. The maximum Gasteiger partial charge on any atom is 0.251 e. The number of benzene rings is 2. The maximum atomic E-state index is 12.4. The van der Waals surface area contributed by atoms with Crippen LogP contribution in [0.3, 0.4) is 0 Å². The monoisotopic (exact) mass is 461 g/mol. The van der Waals surface area contributed by atoms with Gasteiger partial charge in [0.15, 0.2) is 0 Å². The number of carbonyl (C=O) groups is 1. The lowest BCUT2D eigenvalue weighted by Crippen LogP contribution is -2.23. The van der Waals surface area contributed by atoms with Crippen LogP contribution in [-0.4, -0.2) is 15.7 Å². The zero-order valence-corrected chi connectivity index (χ0v) is 18.0. The Labute approximate surface area is 177 Å². The molecular formula is C21H21BrClN3O2. The lowest BCUT2D eigenvalue weighted by atomic mass is 10.1. The summed E-state index contributed by atoms with van der Waals surface area (Å²) in [4.78, 5) is 12.4. The second-order valence-electron chi connectivity index (χ2n) is 6.31. The van der Waals surface area contributed by atoms with Crippen LogP contribution in [0.2, 0.25) is 5.02 Å². The Balaban J connectivity index is 1.55. The number of amides is 1. The molecule has 0 aliphatic carbocycles. The van der Waals surface area contributed by atoms with Crippen molar-refractivity contribution in [2.45, 2.75) is 33.5 Å². The van der Waals surface area contributed by atoms with Gasteiger partial charge >= 0.3 is 0 Å². The number of carbonyl (C=O) groups excluding carboxylic acids is 1. The van der Waals surface area contributed by atoms with Gasteiger partial charge in [-0.15, -0.1) is 0 Å². The molecular weight excluding hydrogens is 442 g/mol. The summed E-state index contributed by atoms with van der Waals surface area (Å²) >= 11 is 9.52. The van der Waals surface area contributed by atoms with E-state index in [2.05, 4.69) is 26.3 Å². The highest BCUT2D eigenvalue weighted by Crippen LogP contribution is 2.28. The number of nitrogens with zero attached hydrogens (tertiary/aromatic N) is 2. The van der Waals surface area contributed by atoms with E-state index in [1.807, 2.05) is 42.8 Å². The molecule has 0 spiro atoms. The van der Waals surface area contributed by atoms with Crippen LogP contribution in [0.25, 0.3) is 0 Å². The lowest BCUT2D eigenvalue weighted by Gasteiger charge is -2.09. The maximum absolute atomic E-state index is 12.4. The number of hydrogen-bond acceptors (Lipinski definition) is 3. The third-order valence-corrected chi connectivity index (χ3v) is 5.24. The molecule has 7 heteroatoms. The summed E-state index contributed by atoms with van der Waals surface area (Å²) in [5.41, 5.74) is 3.65. The van der Waals surface area contributed by atoms with Gasteiger partial charge in [-0.2, -0.15) is 5.10 Å². The first kappa shape index (κ1) is 20.4. The van der Waals surface area contributed by atoms with E-state index in [0.29, 0.717) is 29.5 Å². The van der Waals surface area contributed by atoms with Crippen LogP contribution in [0.4, 0.5) is 0 Å². The Bertz CT molecular complexity index is 970. The SMILES string of the molecule is CCn1ncc(CNC(=O)c2ccc(COc3ccc(Br)cc3Cl)cc2)c1C. The van der Waals surface area contributed by atoms with Crippen LogP contribution in [0.15, 0.2) is 53.1 Å². The van der Waals surface area contributed by atoms with Gasteiger partial charge in [0, 0.05) is 34.4 Å². The number of ether oxygens (including phenoxy) is 1. The average Bonchev–Trinajstić information content (AvgIpc) is 3.05. The zero-order valence-electron chi connectivity index (χ0n) is 15.7. The molecule has 1 amide bonds. The van der Waals surface area contributed by atoms with Crippen molar-refractivity contribution in [2.75, 3.05) is 0 Å². The van der Waals surface area contributed by atoms with Crippen LogP contribution in [0, 0.1) is 6.92 Å². The van der Waals surface area contributed by atoms with Gasteiger partial charge in [-0.05, 0) is 49.7 Å². The molecule has 0 aliphatic rings. The number of hydrogen-bond donors (Lipinski definition) is 1. The Morgan fingerprint density at radius 1 is 1.25 bits per heavy atom. The fourth-order valence-corrected chi connectivity index (χ4v) is 3.49. The van der Waals surface area contributed by atoms with Crippen molar-refractivity contribution in [1.29, 1.82) is 0 Å². The first-order chi connectivity index (χ1) is 13.5. The van der Waals surface area contributed by atoms with Crippen molar-refractivity contribution >= 4 is 33.4 Å². The normalized spacial score (nSPS) is 10.7. The zero-order chi connectivity index (χ0) is 20.1. The Hall–Kier alpha value is -2.31. The van der Waals surface area contributed by atoms with Crippen LogP contribution < -0.4 is 10.1 Å². The predicted octanol–water partition coefficient (Wildman–Crippen LogP) is 5.14. The number of aryl methyl sites for hydroxylation is 1. The van der Waals surface area contributed by atoms with Crippen LogP contribution in [0.1, 0.15) is 34.1 Å². The standard InChI is InChI=1S/C21H21BrClN3O2/c1-3-26-14(2)17(12-25-26)11-24-21(27)16-6-4-15(5-7-16)13-28-20-9-8-18(22)10-19(20)23/h4-10,12H,3,11,13H2,1-2H3,(H,24,27). The Morgan fingerprint density at radius 3 is 2.64 bits per heavy atom. The second-order valence-corrected chi connectivity index (χ2v) is 7.64. The van der Waals surface area contributed by atoms with E-state index in [1.165, 1.54) is 0 Å². The van der Waals surface area contributed by atoms with Crippen LogP contribution >= 0.6 is 27.5 Å². The molecule has 28 heavy (non-hydrogen) atoms. The first-order valence-electron chi connectivity index (χ1n) is 8.94. The predicted molar refractivity (Wildman–Crippen MR) is 114 cm³/mol. The van der Waals surface area contributed by atoms with E-state index in [9.17, 15) is 4.79 Å². The molecule has 146 valence electrons. The average molecular weight is 463 g/mol. The summed E-state index contributed by atoms with van der Waals surface area (Å²) in [6, 6.07) is 12.8. The number of rotatable bonds is 7. The molecule has 1 N–H and O–H groups in total. The molecule has 0 aliphatic heterocycles. The Morgan fingerprint density at radius 2 is 2.00 bits per heavy atom. The van der Waals surface area contributed by atoms with Gasteiger partial charge in [0.1, 0.15) is 12.4 Å². The van der Waals surface area contributed by atoms with Gasteiger partial charge in [-0.3, -0.25) is 9.48 Å². The van der Waals surface area contributed by atoms with Crippen LogP contribution in [-0.2, 0) is 19.7 Å². The molecule has 0 radical (unpaired) electrons. The van der Waals surface area contributed by atoms with Crippen molar-refractivity contribution in [3.8, 4) is 5.75 Å². The fraction of sp³-hybridized carbons (Fsp3) is 0.238. The van der Waals surface area contributed by atoms with Gasteiger partial charge in [-0.1, -0.05) is 39.7 Å². The molecule has 5 nitrogen and oxygen atoms in total. The second kappa shape index (κ2) is 9.26. The molecule has 3 aromatic rings. The molecule has 2 aromatic carbocycles. The van der Waals surface area contributed by atoms with Crippen molar-refractivity contribution < 1.29 is 9.53 Å². The van der Waals surface area contributed by atoms with Gasteiger partial charge in [-0.25, -0.2) is 0 Å². The highest BCUT2D eigenvalue weighted by atomic mass is 79.9. The van der Waals surface area contributed by atoms with Crippen molar-refractivity contribution in [3.63, 3.8) is 0 Å². The van der Waals surface area contributed by atoms with Gasteiger partial charge in [0.05, 0.1) is 11.2 Å². The summed E-state index contributed by atoms with van der Waals surface area (Å²) in [5.74, 6) is 0.502. The summed E-state index contributed by atoms with van der Waals surface area (Å²) in [6.45, 7) is 5.69. The summed E-state index contributed by atoms with van der Waals surface area (Å²) in [6.07, 6.45) is 1.80. The van der Waals surface area contributed by atoms with E-state index in [0.717, 1.165) is 27.8 Å². The molecule has 0 unspecified atom stereocenters. The smallest absolute Gasteiger partial charge is 0.251 e. The fourth-order valence-electron chi connectivity index (χ4n) is 2.76. The van der Waals surface area contributed by atoms with Crippen molar-refractivity contribution in [1.82, 2.24) is 15.1 Å². The number of halogens is 2. The van der Waals surface area contributed by atoms with Gasteiger partial charge < -0.3 is 10.1 Å². The van der Waals surface area contributed by atoms with E-state index in [1.54, 1.807) is 24.4 Å². The summed E-state index contributed by atoms with van der Waals surface area (Å²) < 4.78 is 8.56. The van der Waals surface area contributed by atoms with Gasteiger partial charge in [0.2, 0.25) is 0 Å². The number of aromatic nitrogens is 2. The molecule has 3 rings (SSSR count). The third kappa shape index (κ3) is 4.94. The minimum Gasteiger partial charge on any atom is -0.487 e. The van der Waals surface area contributed by atoms with E-state index >= 15 is 0 Å². The minimum absolute atomic E-state index is 0.118. The lowest BCUT2D eigenvalue weighted by molar-refractivity contribution is 0.0951. The van der Waals surface area contributed by atoms with Crippen molar-refractivity contribution in [3.05, 3.63) is 80.5 Å². The molecule has 1 heterocycles. The molecule has 0 bridgehead atoms. The molecule has 1 aromatic heterocycles. The largest absolute Gasteiger partial charge is 0.487 e. The summed E-state index contributed by atoms with van der Waals surface area (Å²) in [5, 5.41) is 7.78. The highest BCUT2D eigenvalue weighted by Gasteiger charge is 2.09. The molecule has 0 saturated carbocycles. The van der Waals surface area contributed by atoms with Crippen LogP contribution in [0.5, 0.6) is 5.75 Å². The topological polar surface area (TPSA) is 56.2 Å². The molecule has 0 atom stereocenters. The summed E-state index contributed by atoms with van der Waals surface area (Å²) in [7, 11) is 0. The quantitative estimate of drug-likeness (QED) is 0.529.